The molecule has 3 N–H and O–H groups in total. The Labute approximate surface area is 238 Å². The summed E-state index contributed by atoms with van der Waals surface area (Å²) in [6, 6.07) is 12.2. The largest absolute Gasteiger partial charge is 0.457 e. The number of carbonyl (C=O) groups excluding carboxylic acids is 1. The quantitative estimate of drug-likeness (QED) is 0.349. The number of fused-ring (bicyclic) bond motifs is 2. The summed E-state index contributed by atoms with van der Waals surface area (Å²) in [4.78, 5) is 14.8. The van der Waals surface area contributed by atoms with E-state index in [1.54, 1.807) is 0 Å². The van der Waals surface area contributed by atoms with Crippen LogP contribution in [0.2, 0.25) is 0 Å². The number of ether oxygens (including phenoxy) is 1. The number of amides is 1. The molecule has 40 heavy (non-hydrogen) atoms. The summed E-state index contributed by atoms with van der Waals surface area (Å²) < 4.78 is 80.1. The van der Waals surface area contributed by atoms with E-state index in [2.05, 4.69) is 15.9 Å². The number of piperidine rings is 1. The van der Waals surface area contributed by atoms with Crippen LogP contribution in [0, 0.1) is 5.82 Å². The molecule has 2 saturated heterocycles. The molecule has 3 aromatic carbocycles. The highest BCUT2D eigenvalue weighted by atomic mass is 79.9. The molecule has 2 heterocycles. The molecule has 0 spiro atoms. The van der Waals surface area contributed by atoms with Crippen molar-refractivity contribution in [1.82, 2.24) is 9.62 Å². The second kappa shape index (κ2) is 11.2. The van der Waals surface area contributed by atoms with Crippen LogP contribution in [0.15, 0.2) is 82.2 Å². The first-order chi connectivity index (χ1) is 18.9. The number of nitrogens with zero attached hydrogens (tertiary/aromatic N) is 1. The number of halogens is 4. The minimum atomic E-state index is -4.58. The van der Waals surface area contributed by atoms with Crippen molar-refractivity contribution in [3.63, 3.8) is 0 Å². The number of sulfonamides is 1. The Morgan fingerprint density at radius 1 is 0.950 bits per heavy atom. The number of nitrogens with two attached hydrogens (primary N) is 1. The lowest BCUT2D eigenvalue weighted by molar-refractivity contribution is -0.149. The summed E-state index contributed by atoms with van der Waals surface area (Å²) in [5.74, 6) is -4.71. The Bertz CT molecular complexity index is 1460. The number of rotatable bonds is 8. The molecular formula is C28H27BrF3N3O4S. The van der Waals surface area contributed by atoms with Gasteiger partial charge in [-0.05, 0) is 86.3 Å². The maximum absolute atomic E-state index is 16.0. The van der Waals surface area contributed by atoms with Crippen LogP contribution in [0.1, 0.15) is 31.2 Å². The molecule has 2 bridgehead atoms. The predicted octanol–water partition coefficient (Wildman–Crippen LogP) is 5.30. The van der Waals surface area contributed by atoms with Gasteiger partial charge in [0.15, 0.2) is 6.04 Å². The Kier molecular flexibility index (Phi) is 7.97. The van der Waals surface area contributed by atoms with Gasteiger partial charge in [0.05, 0.1) is 4.90 Å². The minimum Gasteiger partial charge on any atom is -0.457 e. The molecule has 3 aromatic rings. The van der Waals surface area contributed by atoms with Crippen LogP contribution in [0.25, 0.3) is 0 Å². The van der Waals surface area contributed by atoms with Crippen LogP contribution in [0.5, 0.6) is 11.5 Å². The molecule has 12 heteroatoms. The van der Waals surface area contributed by atoms with E-state index in [-0.39, 0.29) is 28.8 Å². The molecule has 5 rings (SSSR count). The highest BCUT2D eigenvalue weighted by Gasteiger charge is 2.53. The lowest BCUT2D eigenvalue weighted by Gasteiger charge is -2.41. The summed E-state index contributed by atoms with van der Waals surface area (Å²) in [6.45, 7) is 0. The third-order valence-electron chi connectivity index (χ3n) is 7.32. The number of hydrogen-bond acceptors (Lipinski definition) is 5. The summed E-state index contributed by atoms with van der Waals surface area (Å²) in [5.41, 5.74) is 5.60. The van der Waals surface area contributed by atoms with Crippen molar-refractivity contribution in [2.45, 2.75) is 60.7 Å². The van der Waals surface area contributed by atoms with Crippen molar-refractivity contribution in [1.29, 1.82) is 0 Å². The van der Waals surface area contributed by atoms with Crippen LogP contribution in [0.3, 0.4) is 0 Å². The molecule has 212 valence electrons. The first-order valence-corrected chi connectivity index (χ1v) is 15.0. The zero-order valence-corrected chi connectivity index (χ0v) is 23.5. The maximum Gasteiger partial charge on any atom is 0.298 e. The first-order valence-electron chi connectivity index (χ1n) is 12.7. The van der Waals surface area contributed by atoms with Crippen molar-refractivity contribution in [2.75, 3.05) is 0 Å². The lowest BCUT2D eigenvalue weighted by atomic mass is 9.95. The molecule has 3 atom stereocenters. The summed E-state index contributed by atoms with van der Waals surface area (Å²) in [7, 11) is -4.58. The molecule has 2 aliphatic rings. The van der Waals surface area contributed by atoms with Gasteiger partial charge in [0.1, 0.15) is 17.3 Å². The number of carbonyl (C=O) groups is 1. The Hall–Kier alpha value is -2.93. The fourth-order valence-corrected chi connectivity index (χ4v) is 6.85. The number of hydrogen-bond donors (Lipinski definition) is 2. The van der Waals surface area contributed by atoms with Crippen molar-refractivity contribution in [3.05, 3.63) is 88.6 Å². The number of nitrogens with one attached hydrogen (secondary N) is 1. The van der Waals surface area contributed by atoms with Crippen molar-refractivity contribution in [3.8, 4) is 11.5 Å². The van der Waals surface area contributed by atoms with Gasteiger partial charge < -0.3 is 15.4 Å². The first kappa shape index (κ1) is 28.6. The van der Waals surface area contributed by atoms with E-state index in [0.717, 1.165) is 12.1 Å². The second-order valence-corrected chi connectivity index (χ2v) is 12.7. The molecule has 2 fully saturated rings. The Morgan fingerprint density at radius 2 is 1.48 bits per heavy atom. The molecule has 0 aliphatic carbocycles. The average molecular weight is 639 g/mol. The molecule has 3 unspecified atom stereocenters. The van der Waals surface area contributed by atoms with Crippen LogP contribution >= 0.6 is 15.9 Å². The van der Waals surface area contributed by atoms with E-state index in [9.17, 15) is 17.6 Å². The van der Waals surface area contributed by atoms with E-state index < -0.39 is 39.3 Å². The van der Waals surface area contributed by atoms with Crippen LogP contribution < -0.4 is 15.2 Å². The summed E-state index contributed by atoms with van der Waals surface area (Å²) in [6.07, 6.45) is 2.20. The Morgan fingerprint density at radius 3 is 2.02 bits per heavy atom. The van der Waals surface area contributed by atoms with Gasteiger partial charge in [-0.2, -0.15) is 13.5 Å². The Balaban J connectivity index is 1.43. The highest BCUT2D eigenvalue weighted by Crippen LogP contribution is 2.40. The van der Waals surface area contributed by atoms with Gasteiger partial charge in [-0.15, -0.1) is 0 Å². The standard InChI is InChI=1S/C28H27BrF3N3O4S/c29-18-3-1-17(2-4-18)28(31,32)26(27(36)35-21-7-8-22(35)16-20(33)15-21)34-40(37,38)25-13-11-24(12-14-25)39-23-9-5-19(30)6-10-23/h1-6,9-14,20-22,26,34H,7-8,15-16,33H2. The molecule has 2 aliphatic heterocycles. The number of alkyl halides is 2. The van der Waals surface area contributed by atoms with Crippen molar-refractivity contribution in [2.24, 2.45) is 5.73 Å². The van der Waals surface area contributed by atoms with E-state index in [4.69, 9.17) is 10.5 Å². The van der Waals surface area contributed by atoms with Gasteiger partial charge >= 0.3 is 0 Å². The normalized spacial score (nSPS) is 21.7. The van der Waals surface area contributed by atoms with E-state index in [1.807, 2.05) is 4.72 Å². The number of benzene rings is 3. The molecule has 0 saturated carbocycles. The molecular weight excluding hydrogens is 611 g/mol. The zero-order chi connectivity index (χ0) is 28.7. The monoisotopic (exact) mass is 637 g/mol. The van der Waals surface area contributed by atoms with E-state index >= 15 is 8.78 Å². The van der Waals surface area contributed by atoms with Crippen molar-refractivity contribution >= 4 is 31.9 Å². The average Bonchev–Trinajstić information content (AvgIpc) is 3.19. The fraction of sp³-hybridized carbons (Fsp3) is 0.321. The second-order valence-electron chi connectivity index (χ2n) is 10.1. The summed E-state index contributed by atoms with van der Waals surface area (Å²) >= 11 is 3.21. The van der Waals surface area contributed by atoms with Gasteiger partial charge in [-0.1, -0.05) is 28.1 Å². The minimum absolute atomic E-state index is 0.140. The van der Waals surface area contributed by atoms with Gasteiger partial charge in [-0.25, -0.2) is 12.8 Å². The molecule has 7 nitrogen and oxygen atoms in total. The third kappa shape index (κ3) is 5.90. The maximum atomic E-state index is 16.0. The summed E-state index contributed by atoms with van der Waals surface area (Å²) in [5, 5.41) is 0. The van der Waals surface area contributed by atoms with Gasteiger partial charge in [-0.3, -0.25) is 4.79 Å². The van der Waals surface area contributed by atoms with E-state index in [1.165, 1.54) is 65.6 Å². The van der Waals surface area contributed by atoms with Crippen LogP contribution in [-0.4, -0.2) is 43.4 Å². The predicted molar refractivity (Wildman–Crippen MR) is 146 cm³/mol. The third-order valence-corrected chi connectivity index (χ3v) is 9.29. The van der Waals surface area contributed by atoms with Gasteiger partial charge in [0, 0.05) is 28.2 Å². The smallest absolute Gasteiger partial charge is 0.298 e. The molecule has 0 radical (unpaired) electrons. The molecule has 1 amide bonds. The zero-order valence-electron chi connectivity index (χ0n) is 21.1. The fourth-order valence-electron chi connectivity index (χ4n) is 5.40. The van der Waals surface area contributed by atoms with Crippen LogP contribution in [0.4, 0.5) is 13.2 Å². The van der Waals surface area contributed by atoms with Gasteiger partial charge in [0.25, 0.3) is 5.92 Å². The topological polar surface area (TPSA) is 102 Å². The van der Waals surface area contributed by atoms with Crippen molar-refractivity contribution < 1.29 is 31.1 Å². The highest BCUT2D eigenvalue weighted by molar-refractivity contribution is 9.10. The van der Waals surface area contributed by atoms with E-state index in [0.29, 0.717) is 35.9 Å². The SMILES string of the molecule is NC1CC2CCC(C1)N2C(=O)C(NS(=O)(=O)c1ccc(Oc2ccc(F)cc2)cc1)C(F)(F)c1ccc(Br)cc1. The van der Waals surface area contributed by atoms with Gasteiger partial charge in [0.2, 0.25) is 15.9 Å². The van der Waals surface area contributed by atoms with Crippen LogP contribution in [-0.2, 0) is 20.7 Å². The molecule has 0 aromatic heterocycles. The lowest BCUT2D eigenvalue weighted by Crippen LogP contribution is -2.60.